The molecule has 168 valence electrons. The average molecular weight is 455 g/mol. The molecule has 0 radical (unpaired) electrons. The minimum atomic E-state index is -4.37. The first-order chi connectivity index (χ1) is 14.8. The monoisotopic (exact) mass is 455 g/mol. The van der Waals surface area contributed by atoms with Crippen LogP contribution in [-0.2, 0) is 18.8 Å². The smallest absolute Gasteiger partial charge is 0.350 e. The van der Waals surface area contributed by atoms with Crippen LogP contribution in [0.5, 0.6) is 0 Å². The molecule has 2 aromatic rings. The standard InChI is InChI=1S/C17H22N5O8P/c18-7-12-19-15(21-3-5-28-6-4-21)10-1-2-22(16(10)20-12)17-14(24)13(23)11(30-17)8-29-9-31(25,26)27/h1-2,11,13-14,17,23-24H,3-6,8-9H2,(H2,25,26,27)/t11-,13-,14-,17-/m1/s1. The number of fused-ring (bicyclic) bond motifs is 1. The van der Waals surface area contributed by atoms with E-state index in [1.54, 1.807) is 12.3 Å². The maximum Gasteiger partial charge on any atom is 0.350 e. The van der Waals surface area contributed by atoms with Gasteiger partial charge in [-0.2, -0.15) is 5.26 Å². The van der Waals surface area contributed by atoms with Gasteiger partial charge in [-0.25, -0.2) is 9.97 Å². The number of nitrogens with zero attached hydrogens (tertiary/aromatic N) is 5. The number of rotatable bonds is 6. The Bertz CT molecular complexity index is 1030. The summed E-state index contributed by atoms with van der Waals surface area (Å²) < 4.78 is 28.5. The van der Waals surface area contributed by atoms with Gasteiger partial charge in [-0.05, 0) is 6.07 Å². The number of aromatic nitrogens is 3. The van der Waals surface area contributed by atoms with E-state index in [1.165, 1.54) is 4.57 Å². The molecule has 4 atom stereocenters. The highest BCUT2D eigenvalue weighted by Gasteiger charge is 2.44. The molecule has 31 heavy (non-hydrogen) atoms. The van der Waals surface area contributed by atoms with Gasteiger partial charge >= 0.3 is 7.60 Å². The zero-order valence-corrected chi connectivity index (χ0v) is 17.2. The molecule has 0 unspecified atom stereocenters. The van der Waals surface area contributed by atoms with Crippen LogP contribution in [-0.4, -0.2) is 92.1 Å². The predicted molar refractivity (Wildman–Crippen MR) is 104 cm³/mol. The Morgan fingerprint density at radius 1 is 1.26 bits per heavy atom. The zero-order valence-electron chi connectivity index (χ0n) is 16.3. The van der Waals surface area contributed by atoms with Gasteiger partial charge in [0.05, 0.1) is 25.2 Å². The molecule has 0 aromatic carbocycles. The Morgan fingerprint density at radius 3 is 2.68 bits per heavy atom. The summed E-state index contributed by atoms with van der Waals surface area (Å²) in [6.45, 7) is 1.93. The fourth-order valence-electron chi connectivity index (χ4n) is 3.67. The van der Waals surface area contributed by atoms with Gasteiger partial charge in [0, 0.05) is 19.3 Å². The van der Waals surface area contributed by atoms with E-state index in [0.29, 0.717) is 43.2 Å². The lowest BCUT2D eigenvalue weighted by molar-refractivity contribution is -0.0610. The quantitative estimate of drug-likeness (QED) is 0.387. The van der Waals surface area contributed by atoms with Crippen LogP contribution in [0, 0.1) is 11.3 Å². The van der Waals surface area contributed by atoms with Crippen molar-refractivity contribution in [1.82, 2.24) is 14.5 Å². The lowest BCUT2D eigenvalue weighted by atomic mass is 10.1. The molecule has 2 saturated heterocycles. The molecule has 0 spiro atoms. The number of morpholine rings is 1. The Kier molecular flexibility index (Phi) is 6.25. The topological polar surface area (TPSA) is 183 Å². The van der Waals surface area contributed by atoms with Crippen molar-refractivity contribution in [2.45, 2.75) is 24.5 Å². The molecule has 0 bridgehead atoms. The number of hydrogen-bond acceptors (Lipinski definition) is 10. The second-order valence-corrected chi connectivity index (χ2v) is 8.84. The van der Waals surface area contributed by atoms with Crippen molar-refractivity contribution in [2.24, 2.45) is 0 Å². The second kappa shape index (κ2) is 8.78. The molecule has 2 aliphatic heterocycles. The van der Waals surface area contributed by atoms with E-state index in [0.717, 1.165) is 0 Å². The largest absolute Gasteiger partial charge is 0.387 e. The van der Waals surface area contributed by atoms with Crippen LogP contribution < -0.4 is 4.90 Å². The first kappa shape index (κ1) is 22.1. The highest BCUT2D eigenvalue weighted by molar-refractivity contribution is 7.51. The summed E-state index contributed by atoms with van der Waals surface area (Å²) >= 11 is 0. The number of aliphatic hydroxyl groups is 2. The number of hydrogen-bond donors (Lipinski definition) is 4. The summed E-state index contributed by atoms with van der Waals surface area (Å²) in [6, 6.07) is 3.67. The van der Waals surface area contributed by atoms with Gasteiger partial charge < -0.3 is 43.7 Å². The van der Waals surface area contributed by atoms with Crippen LogP contribution in [0.3, 0.4) is 0 Å². The maximum absolute atomic E-state index is 10.9. The van der Waals surface area contributed by atoms with E-state index in [9.17, 15) is 20.0 Å². The van der Waals surface area contributed by atoms with E-state index in [2.05, 4.69) is 9.97 Å². The van der Waals surface area contributed by atoms with E-state index in [4.69, 9.17) is 24.0 Å². The average Bonchev–Trinajstić information content (AvgIpc) is 3.29. The third-order valence-corrected chi connectivity index (χ3v) is 5.63. The van der Waals surface area contributed by atoms with E-state index in [-0.39, 0.29) is 12.4 Å². The first-order valence-corrected chi connectivity index (χ1v) is 11.3. The van der Waals surface area contributed by atoms with Crippen molar-refractivity contribution >= 4 is 24.4 Å². The van der Waals surface area contributed by atoms with E-state index < -0.39 is 38.5 Å². The van der Waals surface area contributed by atoms with Gasteiger partial charge in [-0.3, -0.25) is 4.57 Å². The van der Waals surface area contributed by atoms with Crippen molar-refractivity contribution < 1.29 is 38.8 Å². The van der Waals surface area contributed by atoms with E-state index >= 15 is 0 Å². The predicted octanol–water partition coefficient (Wildman–Crippen LogP) is -1.09. The molecular weight excluding hydrogens is 433 g/mol. The Morgan fingerprint density at radius 2 is 2.00 bits per heavy atom. The molecule has 2 fully saturated rings. The number of nitriles is 1. The maximum atomic E-state index is 10.9. The van der Waals surface area contributed by atoms with Gasteiger partial charge in [0.2, 0.25) is 5.82 Å². The van der Waals surface area contributed by atoms with Crippen molar-refractivity contribution in [3.63, 3.8) is 0 Å². The molecule has 0 saturated carbocycles. The lowest BCUT2D eigenvalue weighted by Gasteiger charge is -2.28. The van der Waals surface area contributed by atoms with Crippen LogP contribution in [0.1, 0.15) is 12.1 Å². The summed E-state index contributed by atoms with van der Waals surface area (Å²) in [4.78, 5) is 28.4. The van der Waals surface area contributed by atoms with Crippen molar-refractivity contribution in [1.29, 1.82) is 5.26 Å². The van der Waals surface area contributed by atoms with Crippen molar-refractivity contribution in [3.05, 3.63) is 18.1 Å². The van der Waals surface area contributed by atoms with Gasteiger partial charge in [0.25, 0.3) is 0 Å². The molecule has 0 aliphatic carbocycles. The minimum absolute atomic E-state index is 0.0523. The molecular formula is C17H22N5O8P. The van der Waals surface area contributed by atoms with Crippen molar-refractivity contribution in [2.75, 3.05) is 44.2 Å². The van der Waals surface area contributed by atoms with Crippen LogP contribution in [0.4, 0.5) is 5.82 Å². The summed E-state index contributed by atoms with van der Waals surface area (Å²) in [5.41, 5.74) is 0.348. The SMILES string of the molecule is N#Cc1nc(N2CCOCC2)c2ccn([C@@H]3O[C@H](COCP(=O)(O)O)[C@@H](O)[C@H]3O)c2n1. The third kappa shape index (κ3) is 4.57. The van der Waals surface area contributed by atoms with E-state index in [1.807, 2.05) is 11.0 Å². The Hall–Kier alpha value is -2.14. The highest BCUT2D eigenvalue weighted by Crippen LogP contribution is 2.36. The number of anilines is 1. The summed E-state index contributed by atoms with van der Waals surface area (Å²) in [6.07, 6.45) is -3.98. The fraction of sp³-hybridized carbons (Fsp3) is 0.588. The molecule has 4 heterocycles. The number of aliphatic hydroxyl groups excluding tert-OH is 2. The first-order valence-electron chi connectivity index (χ1n) is 9.54. The molecule has 0 amide bonds. The Balaban J connectivity index is 1.62. The molecule has 2 aliphatic rings. The zero-order chi connectivity index (χ0) is 22.2. The number of ether oxygens (including phenoxy) is 3. The van der Waals surface area contributed by atoms with Gasteiger partial charge in [0.1, 0.15) is 42.2 Å². The van der Waals surface area contributed by atoms with Crippen LogP contribution in [0.25, 0.3) is 11.0 Å². The van der Waals surface area contributed by atoms with Gasteiger partial charge in [-0.1, -0.05) is 0 Å². The van der Waals surface area contributed by atoms with Crippen LogP contribution in [0.2, 0.25) is 0 Å². The lowest BCUT2D eigenvalue weighted by Crippen LogP contribution is -2.37. The molecule has 4 rings (SSSR count). The molecule has 4 N–H and O–H groups in total. The third-order valence-electron chi connectivity index (χ3n) is 5.12. The van der Waals surface area contributed by atoms with Crippen molar-refractivity contribution in [3.8, 4) is 6.07 Å². The van der Waals surface area contributed by atoms with Crippen LogP contribution >= 0.6 is 7.60 Å². The van der Waals surface area contributed by atoms with Gasteiger partial charge in [0.15, 0.2) is 6.23 Å². The normalized spacial score (nSPS) is 27.0. The summed E-state index contributed by atoms with van der Waals surface area (Å²) in [7, 11) is -4.37. The molecule has 13 nitrogen and oxygen atoms in total. The minimum Gasteiger partial charge on any atom is -0.387 e. The summed E-state index contributed by atoms with van der Waals surface area (Å²) in [5, 5.41) is 30.9. The summed E-state index contributed by atoms with van der Waals surface area (Å²) in [5.74, 6) is 0.515. The fourth-order valence-corrected chi connectivity index (χ4v) is 4.02. The molecule has 14 heteroatoms. The highest BCUT2D eigenvalue weighted by atomic mass is 31.2. The molecule has 2 aromatic heterocycles. The Labute approximate surface area is 176 Å². The second-order valence-electron chi connectivity index (χ2n) is 7.25. The van der Waals surface area contributed by atoms with Gasteiger partial charge in [-0.15, -0.1) is 0 Å². The van der Waals surface area contributed by atoms with Crippen LogP contribution in [0.15, 0.2) is 12.3 Å².